The number of amides is 1. The Morgan fingerprint density at radius 1 is 1.03 bits per heavy atom. The number of halogens is 1. The lowest BCUT2D eigenvalue weighted by Crippen LogP contribution is -2.62. The molecule has 160 valence electrons. The summed E-state index contributed by atoms with van der Waals surface area (Å²) in [5.41, 5.74) is 0.903. The molecule has 6 heteroatoms. The number of benzene rings is 2. The number of likely N-dealkylation sites (tertiary alicyclic amines) is 1. The van der Waals surface area contributed by atoms with Crippen molar-refractivity contribution in [3.63, 3.8) is 0 Å². The maximum atomic E-state index is 13.2. The lowest BCUT2D eigenvalue weighted by atomic mass is 9.84. The van der Waals surface area contributed by atoms with Gasteiger partial charge >= 0.3 is 5.97 Å². The molecule has 0 unspecified atom stereocenters. The van der Waals surface area contributed by atoms with Gasteiger partial charge in [-0.1, -0.05) is 48.9 Å². The average molecular weight is 429 g/mol. The summed E-state index contributed by atoms with van der Waals surface area (Å²) in [5.74, 6) is -0.428. The Kier molecular flexibility index (Phi) is 7.51. The third kappa shape index (κ3) is 4.85. The molecule has 0 bridgehead atoms. The fourth-order valence-electron chi connectivity index (χ4n) is 4.09. The van der Waals surface area contributed by atoms with Crippen LogP contribution in [0.15, 0.2) is 54.6 Å². The van der Waals surface area contributed by atoms with Crippen molar-refractivity contribution in [1.29, 1.82) is 0 Å². The van der Waals surface area contributed by atoms with Gasteiger partial charge in [0.15, 0.2) is 0 Å². The van der Waals surface area contributed by atoms with Gasteiger partial charge in [0.2, 0.25) is 5.91 Å². The first kappa shape index (κ1) is 22.3. The molecule has 0 aromatic heterocycles. The van der Waals surface area contributed by atoms with E-state index in [0.29, 0.717) is 43.1 Å². The topological polar surface area (TPSA) is 49.9 Å². The fraction of sp³-hybridized carbons (Fsp3) is 0.417. The Hall–Kier alpha value is -2.37. The van der Waals surface area contributed by atoms with Crippen LogP contribution >= 0.6 is 11.6 Å². The average Bonchev–Trinajstić information content (AvgIpc) is 2.77. The third-order valence-corrected chi connectivity index (χ3v) is 5.90. The van der Waals surface area contributed by atoms with Gasteiger partial charge in [0.05, 0.1) is 6.61 Å². The van der Waals surface area contributed by atoms with Gasteiger partial charge in [-0.2, -0.15) is 0 Å². The maximum Gasteiger partial charge on any atom is 0.332 e. The molecule has 5 nitrogen and oxygen atoms in total. The zero-order valence-corrected chi connectivity index (χ0v) is 18.4. The van der Waals surface area contributed by atoms with Crippen molar-refractivity contribution in [3.05, 3.63) is 65.2 Å². The summed E-state index contributed by atoms with van der Waals surface area (Å²) in [4.78, 5) is 30.3. The molecule has 2 aromatic carbocycles. The van der Waals surface area contributed by atoms with Crippen molar-refractivity contribution >= 4 is 29.2 Å². The van der Waals surface area contributed by atoms with E-state index in [1.54, 1.807) is 36.1 Å². The standard InChI is InChI=1S/C24H29ClN2O3/c1-3-22(28)27(21-12-10-20(25)11-13-21)24(23(29)30-4-2)14-16-26(17-15-24)18-19-8-6-5-7-9-19/h5-13H,3-4,14-18H2,1-2H3. The Morgan fingerprint density at radius 3 is 2.23 bits per heavy atom. The molecule has 2 aromatic rings. The number of hydrogen-bond acceptors (Lipinski definition) is 4. The normalized spacial score (nSPS) is 16.1. The van der Waals surface area contributed by atoms with E-state index in [4.69, 9.17) is 16.3 Å². The number of hydrogen-bond donors (Lipinski definition) is 0. The van der Waals surface area contributed by atoms with E-state index in [-0.39, 0.29) is 18.5 Å². The van der Waals surface area contributed by atoms with Crippen LogP contribution in [0.1, 0.15) is 38.7 Å². The number of piperidine rings is 1. The zero-order valence-electron chi connectivity index (χ0n) is 17.6. The summed E-state index contributed by atoms with van der Waals surface area (Å²) in [6.45, 7) is 6.12. The van der Waals surface area contributed by atoms with Crippen LogP contribution in [0.2, 0.25) is 5.02 Å². The Balaban J connectivity index is 1.90. The van der Waals surface area contributed by atoms with Gasteiger partial charge in [-0.25, -0.2) is 4.79 Å². The lowest BCUT2D eigenvalue weighted by Gasteiger charge is -2.46. The highest BCUT2D eigenvalue weighted by atomic mass is 35.5. The molecule has 1 heterocycles. The largest absolute Gasteiger partial charge is 0.464 e. The van der Waals surface area contributed by atoms with Gasteiger partial charge in [-0.05, 0) is 49.6 Å². The molecule has 1 amide bonds. The molecular weight excluding hydrogens is 400 g/mol. The van der Waals surface area contributed by atoms with E-state index in [1.165, 1.54) is 5.56 Å². The highest BCUT2D eigenvalue weighted by Crippen LogP contribution is 2.36. The monoisotopic (exact) mass is 428 g/mol. The van der Waals surface area contributed by atoms with E-state index in [1.807, 2.05) is 25.1 Å². The molecule has 0 N–H and O–H groups in total. The predicted octanol–water partition coefficient (Wildman–Crippen LogP) is 4.68. The summed E-state index contributed by atoms with van der Waals surface area (Å²) in [7, 11) is 0. The van der Waals surface area contributed by atoms with Crippen LogP contribution in [0, 0.1) is 0 Å². The van der Waals surface area contributed by atoms with E-state index in [9.17, 15) is 9.59 Å². The number of esters is 1. The molecule has 0 saturated carbocycles. The van der Waals surface area contributed by atoms with E-state index >= 15 is 0 Å². The van der Waals surface area contributed by atoms with Gasteiger partial charge in [0.1, 0.15) is 5.54 Å². The van der Waals surface area contributed by atoms with Crippen molar-refractivity contribution in [3.8, 4) is 0 Å². The first-order chi connectivity index (χ1) is 14.5. The minimum Gasteiger partial charge on any atom is -0.464 e. The summed E-state index contributed by atoms with van der Waals surface area (Å²) in [6.07, 6.45) is 1.34. The molecule has 1 fully saturated rings. The van der Waals surface area contributed by atoms with Crippen LogP contribution in [0.4, 0.5) is 5.69 Å². The number of ether oxygens (including phenoxy) is 1. The van der Waals surface area contributed by atoms with Gasteiger partial charge in [-0.3, -0.25) is 14.6 Å². The first-order valence-corrected chi connectivity index (χ1v) is 10.9. The quantitative estimate of drug-likeness (QED) is 0.601. The molecule has 0 atom stereocenters. The van der Waals surface area contributed by atoms with E-state index in [2.05, 4.69) is 17.0 Å². The second-order valence-corrected chi connectivity index (χ2v) is 8.01. The Labute approximate surface area is 183 Å². The molecule has 0 aliphatic carbocycles. The van der Waals surface area contributed by atoms with Crippen LogP contribution < -0.4 is 4.90 Å². The lowest BCUT2D eigenvalue weighted by molar-refractivity contribution is -0.153. The Bertz CT molecular complexity index is 847. The van der Waals surface area contributed by atoms with Gasteiger partial charge in [0, 0.05) is 36.8 Å². The van der Waals surface area contributed by atoms with Crippen molar-refractivity contribution < 1.29 is 14.3 Å². The molecule has 1 saturated heterocycles. The molecule has 30 heavy (non-hydrogen) atoms. The van der Waals surface area contributed by atoms with Crippen molar-refractivity contribution in [1.82, 2.24) is 4.90 Å². The highest BCUT2D eigenvalue weighted by Gasteiger charge is 2.50. The van der Waals surface area contributed by atoms with Crippen LogP contribution in [-0.4, -0.2) is 42.0 Å². The van der Waals surface area contributed by atoms with Gasteiger partial charge in [0.25, 0.3) is 0 Å². The summed E-state index contributed by atoms with van der Waals surface area (Å²) >= 11 is 6.06. The number of nitrogens with zero attached hydrogens (tertiary/aromatic N) is 2. The van der Waals surface area contributed by atoms with Crippen molar-refractivity contribution in [2.45, 2.75) is 45.2 Å². The zero-order chi connectivity index (χ0) is 21.6. The smallest absolute Gasteiger partial charge is 0.332 e. The molecular formula is C24H29ClN2O3. The number of rotatable bonds is 7. The highest BCUT2D eigenvalue weighted by molar-refractivity contribution is 6.30. The molecule has 1 aliphatic rings. The second-order valence-electron chi connectivity index (χ2n) is 7.57. The van der Waals surface area contributed by atoms with E-state index in [0.717, 1.165) is 6.54 Å². The third-order valence-electron chi connectivity index (χ3n) is 5.65. The number of carbonyl (C=O) groups is 2. The summed E-state index contributed by atoms with van der Waals surface area (Å²) in [6, 6.07) is 17.4. The predicted molar refractivity (Wildman–Crippen MR) is 120 cm³/mol. The van der Waals surface area contributed by atoms with Gasteiger partial charge < -0.3 is 4.74 Å². The van der Waals surface area contributed by atoms with Crippen molar-refractivity contribution in [2.24, 2.45) is 0 Å². The summed E-state index contributed by atoms with van der Waals surface area (Å²) < 4.78 is 5.48. The minimum atomic E-state index is -1.01. The Morgan fingerprint density at radius 2 is 1.67 bits per heavy atom. The van der Waals surface area contributed by atoms with Crippen molar-refractivity contribution in [2.75, 3.05) is 24.6 Å². The van der Waals surface area contributed by atoms with E-state index < -0.39 is 5.54 Å². The van der Waals surface area contributed by atoms with Crippen LogP contribution in [0.5, 0.6) is 0 Å². The molecule has 1 aliphatic heterocycles. The maximum absolute atomic E-state index is 13.2. The minimum absolute atomic E-state index is 0.0955. The fourth-order valence-corrected chi connectivity index (χ4v) is 4.21. The molecule has 0 spiro atoms. The van der Waals surface area contributed by atoms with Crippen LogP contribution in [0.25, 0.3) is 0 Å². The molecule has 0 radical (unpaired) electrons. The van der Waals surface area contributed by atoms with Crippen LogP contribution in [-0.2, 0) is 20.9 Å². The number of carbonyl (C=O) groups excluding carboxylic acids is 2. The van der Waals surface area contributed by atoms with Crippen LogP contribution in [0.3, 0.4) is 0 Å². The SMILES string of the molecule is CCOC(=O)C1(N(C(=O)CC)c2ccc(Cl)cc2)CCN(Cc2ccccc2)CC1. The number of anilines is 1. The summed E-state index contributed by atoms with van der Waals surface area (Å²) in [5, 5.41) is 0.588. The first-order valence-electron chi connectivity index (χ1n) is 10.5. The second kappa shape index (κ2) is 10.1. The van der Waals surface area contributed by atoms with Gasteiger partial charge in [-0.15, -0.1) is 0 Å². The molecule has 3 rings (SSSR count).